The van der Waals surface area contributed by atoms with Gasteiger partial charge in [0.1, 0.15) is 5.75 Å². The predicted molar refractivity (Wildman–Crippen MR) is 81.8 cm³/mol. The summed E-state index contributed by atoms with van der Waals surface area (Å²) < 4.78 is 5.70. The second kappa shape index (κ2) is 6.56. The molecule has 0 saturated carbocycles. The molecule has 6 heteroatoms. The fourth-order valence-corrected chi connectivity index (χ4v) is 2.10. The highest BCUT2D eigenvalue weighted by Crippen LogP contribution is 2.36. The summed E-state index contributed by atoms with van der Waals surface area (Å²) >= 11 is 5.89. The largest absolute Gasteiger partial charge is 0.450 e. The maximum atomic E-state index is 11.1. The van der Waals surface area contributed by atoms with Crippen molar-refractivity contribution in [2.45, 2.75) is 19.4 Å². The number of nitrogens with zero attached hydrogens (tertiary/aromatic N) is 1. The SMILES string of the molecule is CCC(N)c1ccccc1Oc1cc(Cl)ccc1[N+](=O)[O-]. The van der Waals surface area contributed by atoms with Crippen molar-refractivity contribution in [1.82, 2.24) is 0 Å². The van der Waals surface area contributed by atoms with Crippen LogP contribution in [0.2, 0.25) is 5.02 Å². The Kier molecular flexibility index (Phi) is 4.77. The van der Waals surface area contributed by atoms with Crippen LogP contribution in [0.4, 0.5) is 5.69 Å². The van der Waals surface area contributed by atoms with Crippen LogP contribution in [-0.4, -0.2) is 4.92 Å². The van der Waals surface area contributed by atoms with E-state index in [0.717, 1.165) is 12.0 Å². The van der Waals surface area contributed by atoms with Crippen LogP contribution in [0.5, 0.6) is 11.5 Å². The van der Waals surface area contributed by atoms with Crippen LogP contribution in [0.1, 0.15) is 24.9 Å². The first-order valence-electron chi connectivity index (χ1n) is 6.49. The lowest BCUT2D eigenvalue weighted by Gasteiger charge is -2.15. The van der Waals surface area contributed by atoms with E-state index in [-0.39, 0.29) is 17.5 Å². The smallest absolute Gasteiger partial charge is 0.311 e. The van der Waals surface area contributed by atoms with Crippen molar-refractivity contribution in [1.29, 1.82) is 0 Å². The Balaban J connectivity index is 2.43. The number of nitrogens with two attached hydrogens (primary N) is 1. The second-order valence-electron chi connectivity index (χ2n) is 4.52. The van der Waals surface area contributed by atoms with E-state index in [2.05, 4.69) is 0 Å². The number of nitro groups is 1. The molecule has 1 atom stereocenters. The average Bonchev–Trinajstić information content (AvgIpc) is 2.47. The summed E-state index contributed by atoms with van der Waals surface area (Å²) in [6.45, 7) is 1.96. The monoisotopic (exact) mass is 306 g/mol. The molecular formula is C15H15ClN2O3. The lowest BCUT2D eigenvalue weighted by molar-refractivity contribution is -0.385. The molecule has 2 N–H and O–H groups in total. The third-order valence-corrected chi connectivity index (χ3v) is 3.33. The first kappa shape index (κ1) is 15.3. The van der Waals surface area contributed by atoms with Crippen molar-refractivity contribution in [2.75, 3.05) is 0 Å². The topological polar surface area (TPSA) is 78.4 Å². The Morgan fingerprint density at radius 3 is 2.67 bits per heavy atom. The Morgan fingerprint density at radius 1 is 1.29 bits per heavy atom. The highest BCUT2D eigenvalue weighted by Gasteiger charge is 2.18. The van der Waals surface area contributed by atoms with E-state index in [0.29, 0.717) is 10.8 Å². The minimum absolute atomic E-state index is 0.100. The van der Waals surface area contributed by atoms with Crippen molar-refractivity contribution in [2.24, 2.45) is 5.73 Å². The van der Waals surface area contributed by atoms with Gasteiger partial charge in [0, 0.05) is 28.8 Å². The minimum Gasteiger partial charge on any atom is -0.450 e. The molecule has 0 aliphatic carbocycles. The van der Waals surface area contributed by atoms with E-state index in [9.17, 15) is 10.1 Å². The summed E-state index contributed by atoms with van der Waals surface area (Å²) in [4.78, 5) is 10.6. The minimum atomic E-state index is -0.506. The van der Waals surface area contributed by atoms with Gasteiger partial charge < -0.3 is 10.5 Å². The molecule has 0 aliphatic rings. The molecule has 0 amide bonds. The Morgan fingerprint density at radius 2 is 2.00 bits per heavy atom. The van der Waals surface area contributed by atoms with Gasteiger partial charge in [-0.3, -0.25) is 10.1 Å². The molecule has 21 heavy (non-hydrogen) atoms. The zero-order valence-corrected chi connectivity index (χ0v) is 12.2. The van der Waals surface area contributed by atoms with E-state index >= 15 is 0 Å². The van der Waals surface area contributed by atoms with E-state index < -0.39 is 4.92 Å². The summed E-state index contributed by atoms with van der Waals surface area (Å²) in [6, 6.07) is 11.2. The Bertz CT molecular complexity index is 661. The van der Waals surface area contributed by atoms with Crippen LogP contribution in [0.25, 0.3) is 0 Å². The van der Waals surface area contributed by atoms with Gasteiger partial charge in [-0.25, -0.2) is 0 Å². The molecule has 2 rings (SSSR count). The molecule has 110 valence electrons. The molecule has 0 saturated heterocycles. The number of nitro benzene ring substituents is 1. The molecule has 0 heterocycles. The van der Waals surface area contributed by atoms with Crippen LogP contribution >= 0.6 is 11.6 Å². The fraction of sp³-hybridized carbons (Fsp3) is 0.200. The number of para-hydroxylation sites is 1. The summed E-state index contributed by atoms with van der Waals surface area (Å²) in [5.41, 5.74) is 6.70. The van der Waals surface area contributed by atoms with Gasteiger partial charge in [0.2, 0.25) is 5.75 Å². The van der Waals surface area contributed by atoms with Gasteiger partial charge in [0.15, 0.2) is 0 Å². The molecule has 2 aromatic rings. The molecule has 0 aliphatic heterocycles. The van der Waals surface area contributed by atoms with E-state index in [4.69, 9.17) is 22.1 Å². The first-order valence-corrected chi connectivity index (χ1v) is 6.87. The van der Waals surface area contributed by atoms with Crippen LogP contribution in [0.15, 0.2) is 42.5 Å². The number of rotatable bonds is 5. The zero-order valence-electron chi connectivity index (χ0n) is 11.5. The van der Waals surface area contributed by atoms with Crippen LogP contribution in [0.3, 0.4) is 0 Å². The van der Waals surface area contributed by atoms with Gasteiger partial charge in [-0.05, 0) is 18.6 Å². The highest BCUT2D eigenvalue weighted by atomic mass is 35.5. The molecule has 0 spiro atoms. The summed E-state index contributed by atoms with van der Waals surface area (Å²) in [7, 11) is 0. The van der Waals surface area contributed by atoms with Crippen molar-refractivity contribution < 1.29 is 9.66 Å². The van der Waals surface area contributed by atoms with Gasteiger partial charge in [-0.15, -0.1) is 0 Å². The number of ether oxygens (including phenoxy) is 1. The first-order chi connectivity index (χ1) is 10.0. The average molecular weight is 307 g/mol. The maximum Gasteiger partial charge on any atom is 0.311 e. The number of hydrogen-bond donors (Lipinski definition) is 1. The highest BCUT2D eigenvalue weighted by molar-refractivity contribution is 6.30. The van der Waals surface area contributed by atoms with Gasteiger partial charge in [0.05, 0.1) is 4.92 Å². The van der Waals surface area contributed by atoms with E-state index in [1.54, 1.807) is 12.1 Å². The lowest BCUT2D eigenvalue weighted by atomic mass is 10.0. The van der Waals surface area contributed by atoms with Crippen molar-refractivity contribution in [3.63, 3.8) is 0 Å². The van der Waals surface area contributed by atoms with Gasteiger partial charge in [-0.1, -0.05) is 36.7 Å². The molecule has 2 aromatic carbocycles. The zero-order chi connectivity index (χ0) is 15.4. The third-order valence-electron chi connectivity index (χ3n) is 3.10. The fourth-order valence-electron chi connectivity index (χ4n) is 1.94. The molecular weight excluding hydrogens is 292 g/mol. The molecule has 0 aromatic heterocycles. The maximum absolute atomic E-state index is 11.1. The van der Waals surface area contributed by atoms with Gasteiger partial charge >= 0.3 is 5.69 Å². The molecule has 0 radical (unpaired) electrons. The second-order valence-corrected chi connectivity index (χ2v) is 4.96. The predicted octanol–water partition coefficient (Wildman–Crippen LogP) is 4.45. The van der Waals surface area contributed by atoms with Crippen molar-refractivity contribution in [3.8, 4) is 11.5 Å². The number of hydrogen-bond acceptors (Lipinski definition) is 4. The summed E-state index contributed by atoms with van der Waals surface area (Å²) in [5.74, 6) is 0.598. The normalized spacial score (nSPS) is 12.0. The Labute approximate surface area is 127 Å². The summed E-state index contributed by atoms with van der Waals surface area (Å²) in [5, 5.41) is 11.4. The summed E-state index contributed by atoms with van der Waals surface area (Å²) in [6.07, 6.45) is 0.734. The van der Waals surface area contributed by atoms with E-state index in [1.807, 2.05) is 19.1 Å². The van der Waals surface area contributed by atoms with Crippen molar-refractivity contribution in [3.05, 3.63) is 63.2 Å². The standard InChI is InChI=1S/C15H15ClN2O3/c1-2-12(17)11-5-3-4-6-14(11)21-15-9-10(16)7-8-13(15)18(19)20/h3-9,12H,2,17H2,1H3. The number of benzene rings is 2. The molecule has 1 unspecified atom stereocenters. The molecule has 0 fully saturated rings. The number of halogens is 1. The molecule has 0 bridgehead atoms. The van der Waals surface area contributed by atoms with Gasteiger partial charge in [0.25, 0.3) is 0 Å². The van der Waals surface area contributed by atoms with Crippen LogP contribution in [-0.2, 0) is 0 Å². The van der Waals surface area contributed by atoms with Crippen molar-refractivity contribution >= 4 is 17.3 Å². The van der Waals surface area contributed by atoms with Crippen LogP contribution < -0.4 is 10.5 Å². The van der Waals surface area contributed by atoms with E-state index in [1.165, 1.54) is 18.2 Å². The van der Waals surface area contributed by atoms with Gasteiger partial charge in [-0.2, -0.15) is 0 Å². The lowest BCUT2D eigenvalue weighted by Crippen LogP contribution is -2.09. The quantitative estimate of drug-likeness (QED) is 0.654. The van der Waals surface area contributed by atoms with Crippen LogP contribution in [0, 0.1) is 10.1 Å². The molecule has 5 nitrogen and oxygen atoms in total. The Hall–Kier alpha value is -2.11. The third kappa shape index (κ3) is 3.51.